The largest absolute Gasteiger partial charge is 0.304 e. The van der Waals surface area contributed by atoms with E-state index in [0.717, 1.165) is 24.5 Å². The van der Waals surface area contributed by atoms with E-state index in [4.69, 9.17) is 9.97 Å². The number of aromatic nitrogens is 4. The van der Waals surface area contributed by atoms with Crippen molar-refractivity contribution >= 4 is 11.0 Å². The van der Waals surface area contributed by atoms with Gasteiger partial charge in [0.05, 0.1) is 22.4 Å². The van der Waals surface area contributed by atoms with E-state index >= 15 is 0 Å². The van der Waals surface area contributed by atoms with E-state index in [2.05, 4.69) is 92.2 Å². The number of hydrogen-bond donors (Lipinski definition) is 0. The Morgan fingerprint density at radius 1 is 0.750 bits per heavy atom. The molecule has 0 amide bonds. The molecule has 0 fully saturated rings. The summed E-state index contributed by atoms with van der Waals surface area (Å²) in [6, 6.07) is 12.7. The minimum absolute atomic E-state index is 0.412. The second-order valence-electron chi connectivity index (χ2n) is 8.35. The second kappa shape index (κ2) is 7.42. The summed E-state index contributed by atoms with van der Waals surface area (Å²) in [5, 5.41) is 0. The van der Waals surface area contributed by atoms with Crippen LogP contribution in [0, 0.1) is 6.92 Å². The average Bonchev–Trinajstić information content (AvgIpc) is 3.25. The molecule has 4 heteroatoms. The summed E-state index contributed by atoms with van der Waals surface area (Å²) in [7, 11) is 0. The third-order valence-corrected chi connectivity index (χ3v) is 5.84. The number of hydrogen-bond acceptors (Lipinski definition) is 2. The van der Waals surface area contributed by atoms with Gasteiger partial charge >= 0.3 is 0 Å². The Balaban J connectivity index is 1.56. The highest BCUT2D eigenvalue weighted by atomic mass is 15.0. The molecule has 4 nitrogen and oxygen atoms in total. The van der Waals surface area contributed by atoms with E-state index in [-0.39, 0.29) is 0 Å². The summed E-state index contributed by atoms with van der Waals surface area (Å²) in [5.41, 5.74) is 4.91. The van der Waals surface area contributed by atoms with Crippen LogP contribution in [0.25, 0.3) is 11.0 Å². The van der Waals surface area contributed by atoms with Gasteiger partial charge in [-0.05, 0) is 44.0 Å². The Kier molecular flexibility index (Phi) is 4.96. The first-order chi connectivity index (χ1) is 13.5. The van der Waals surface area contributed by atoms with E-state index < -0.39 is 0 Å². The van der Waals surface area contributed by atoms with Crippen LogP contribution in [0.5, 0.6) is 0 Å². The predicted octanol–water partition coefficient (Wildman–Crippen LogP) is 6.10. The van der Waals surface area contributed by atoms with Gasteiger partial charge in [0, 0.05) is 30.1 Å². The number of aryl methyl sites for hydroxylation is 1. The molecule has 0 saturated heterocycles. The lowest BCUT2D eigenvalue weighted by molar-refractivity contribution is 0.563. The van der Waals surface area contributed by atoms with Crippen LogP contribution >= 0.6 is 0 Å². The highest BCUT2D eigenvalue weighted by molar-refractivity contribution is 5.55. The SMILES string of the molecule is Cc1nc(C(C)CCC(C)c2nc(C(C)C)n3ccccc23)c2ccccn12. The van der Waals surface area contributed by atoms with Gasteiger partial charge in [0.1, 0.15) is 11.6 Å². The van der Waals surface area contributed by atoms with Crippen LogP contribution in [0.2, 0.25) is 0 Å². The number of rotatable bonds is 6. The van der Waals surface area contributed by atoms with Crippen molar-refractivity contribution in [1.82, 2.24) is 18.8 Å². The Morgan fingerprint density at radius 2 is 1.29 bits per heavy atom. The molecule has 0 spiro atoms. The molecule has 4 aromatic rings. The van der Waals surface area contributed by atoms with Gasteiger partial charge in [-0.15, -0.1) is 0 Å². The van der Waals surface area contributed by atoms with E-state index in [1.165, 1.54) is 22.4 Å². The van der Waals surface area contributed by atoms with Crippen LogP contribution in [-0.2, 0) is 0 Å². The smallest absolute Gasteiger partial charge is 0.116 e. The molecule has 0 aliphatic carbocycles. The standard InChI is InChI=1S/C24H30N4/c1-16(2)24-26-23(21-11-7-9-15-28(21)24)18(4)13-12-17(3)22-20-10-6-8-14-27(20)19(5)25-22/h6-11,14-18H,12-13H2,1-5H3. The fraction of sp³-hybridized carbons (Fsp3) is 0.417. The maximum absolute atomic E-state index is 5.04. The third-order valence-electron chi connectivity index (χ3n) is 5.84. The van der Waals surface area contributed by atoms with Gasteiger partial charge in [-0.1, -0.05) is 39.8 Å². The molecule has 0 aromatic carbocycles. The van der Waals surface area contributed by atoms with Gasteiger partial charge in [-0.3, -0.25) is 0 Å². The first-order valence-corrected chi connectivity index (χ1v) is 10.4. The lowest BCUT2D eigenvalue weighted by atomic mass is 9.93. The molecular weight excluding hydrogens is 344 g/mol. The van der Waals surface area contributed by atoms with E-state index in [9.17, 15) is 0 Å². The molecule has 0 radical (unpaired) electrons. The minimum atomic E-state index is 0.412. The van der Waals surface area contributed by atoms with Crippen molar-refractivity contribution in [2.45, 2.75) is 65.2 Å². The zero-order valence-corrected chi connectivity index (χ0v) is 17.6. The fourth-order valence-corrected chi connectivity index (χ4v) is 4.21. The molecule has 146 valence electrons. The van der Waals surface area contributed by atoms with Crippen molar-refractivity contribution in [3.8, 4) is 0 Å². The fourth-order valence-electron chi connectivity index (χ4n) is 4.21. The van der Waals surface area contributed by atoms with Crippen molar-refractivity contribution in [2.75, 3.05) is 0 Å². The maximum Gasteiger partial charge on any atom is 0.116 e. The molecule has 2 unspecified atom stereocenters. The number of imidazole rings is 2. The van der Waals surface area contributed by atoms with Crippen LogP contribution < -0.4 is 0 Å². The molecule has 0 N–H and O–H groups in total. The molecule has 4 aromatic heterocycles. The van der Waals surface area contributed by atoms with Gasteiger partial charge in [0.15, 0.2) is 0 Å². The molecular formula is C24H30N4. The molecule has 0 saturated carbocycles. The van der Waals surface area contributed by atoms with Crippen molar-refractivity contribution in [3.05, 3.63) is 71.8 Å². The number of nitrogens with zero attached hydrogens (tertiary/aromatic N) is 4. The van der Waals surface area contributed by atoms with Crippen LogP contribution in [0.3, 0.4) is 0 Å². The van der Waals surface area contributed by atoms with Crippen molar-refractivity contribution < 1.29 is 0 Å². The Morgan fingerprint density at radius 3 is 1.89 bits per heavy atom. The Hall–Kier alpha value is -2.62. The monoisotopic (exact) mass is 374 g/mol. The lowest BCUT2D eigenvalue weighted by Crippen LogP contribution is -2.01. The van der Waals surface area contributed by atoms with Gasteiger partial charge in [0.2, 0.25) is 0 Å². The van der Waals surface area contributed by atoms with Crippen molar-refractivity contribution in [1.29, 1.82) is 0 Å². The summed E-state index contributed by atoms with van der Waals surface area (Å²) >= 11 is 0. The van der Waals surface area contributed by atoms with Crippen molar-refractivity contribution in [3.63, 3.8) is 0 Å². The summed E-state index contributed by atoms with van der Waals surface area (Å²) in [4.78, 5) is 9.90. The first kappa shape index (κ1) is 18.7. The van der Waals surface area contributed by atoms with Crippen LogP contribution in [-0.4, -0.2) is 18.8 Å². The average molecular weight is 375 g/mol. The highest BCUT2D eigenvalue weighted by Crippen LogP contribution is 2.32. The topological polar surface area (TPSA) is 34.6 Å². The van der Waals surface area contributed by atoms with Gasteiger partial charge in [-0.2, -0.15) is 0 Å². The molecule has 2 atom stereocenters. The summed E-state index contributed by atoms with van der Waals surface area (Å²) in [6.07, 6.45) is 6.44. The second-order valence-corrected chi connectivity index (χ2v) is 8.35. The predicted molar refractivity (Wildman–Crippen MR) is 115 cm³/mol. The zero-order chi connectivity index (χ0) is 19.8. The summed E-state index contributed by atoms with van der Waals surface area (Å²) in [5.74, 6) is 3.47. The van der Waals surface area contributed by atoms with E-state index in [1.54, 1.807) is 0 Å². The molecule has 0 bridgehead atoms. The van der Waals surface area contributed by atoms with Crippen LogP contribution in [0.15, 0.2) is 48.8 Å². The molecule has 28 heavy (non-hydrogen) atoms. The van der Waals surface area contributed by atoms with Crippen LogP contribution in [0.4, 0.5) is 0 Å². The van der Waals surface area contributed by atoms with Gasteiger partial charge in [-0.25, -0.2) is 9.97 Å². The zero-order valence-electron chi connectivity index (χ0n) is 17.6. The Bertz CT molecular complexity index is 1100. The number of fused-ring (bicyclic) bond motifs is 2. The molecule has 0 aliphatic rings. The number of pyridine rings is 2. The quantitative estimate of drug-likeness (QED) is 0.408. The highest BCUT2D eigenvalue weighted by Gasteiger charge is 2.20. The van der Waals surface area contributed by atoms with Crippen molar-refractivity contribution in [2.24, 2.45) is 0 Å². The van der Waals surface area contributed by atoms with Gasteiger partial charge < -0.3 is 8.80 Å². The maximum atomic E-state index is 5.04. The molecule has 4 heterocycles. The summed E-state index contributed by atoms with van der Waals surface area (Å²) < 4.78 is 4.44. The third kappa shape index (κ3) is 3.21. The first-order valence-electron chi connectivity index (χ1n) is 10.4. The molecule has 4 rings (SSSR count). The van der Waals surface area contributed by atoms with Gasteiger partial charge in [0.25, 0.3) is 0 Å². The summed E-state index contributed by atoms with van der Waals surface area (Å²) in [6.45, 7) is 11.1. The normalized spacial score (nSPS) is 14.2. The molecule has 0 aliphatic heterocycles. The van der Waals surface area contributed by atoms with Crippen LogP contribution in [0.1, 0.15) is 81.3 Å². The van der Waals surface area contributed by atoms with E-state index in [0.29, 0.717) is 17.8 Å². The minimum Gasteiger partial charge on any atom is -0.304 e. The lowest BCUT2D eigenvalue weighted by Gasteiger charge is -2.14. The Labute approximate surface area is 167 Å². The van der Waals surface area contributed by atoms with E-state index in [1.807, 2.05) is 0 Å².